The van der Waals surface area contributed by atoms with E-state index in [1.807, 2.05) is 19.9 Å². The van der Waals surface area contributed by atoms with Gasteiger partial charge < -0.3 is 14.8 Å². The molecule has 0 aliphatic carbocycles. The van der Waals surface area contributed by atoms with Crippen LogP contribution in [0.25, 0.3) is 0 Å². The highest BCUT2D eigenvalue weighted by molar-refractivity contribution is 5.29. The number of rotatable bonds is 7. The Labute approximate surface area is 102 Å². The molecule has 0 bridgehead atoms. The van der Waals surface area contributed by atoms with Crippen LogP contribution in [-0.2, 0) is 11.3 Å². The van der Waals surface area contributed by atoms with Crippen molar-refractivity contribution in [2.24, 2.45) is 0 Å². The lowest BCUT2D eigenvalue weighted by atomic mass is 10.2. The molecule has 1 rings (SSSR count). The van der Waals surface area contributed by atoms with Crippen molar-refractivity contribution in [1.29, 1.82) is 0 Å². The molecule has 0 aliphatic heterocycles. The summed E-state index contributed by atoms with van der Waals surface area (Å²) in [5, 5.41) is 3.16. The normalized spacial score (nSPS) is 10.9. The lowest BCUT2D eigenvalue weighted by Gasteiger charge is -2.11. The molecular weight excluding hydrogens is 221 g/mol. The fraction of sp³-hybridized carbons (Fsp3) is 0.538. The number of nitrogens with one attached hydrogen (secondary N) is 1. The summed E-state index contributed by atoms with van der Waals surface area (Å²) in [5.74, 6) is -0.00890. The fourth-order valence-electron chi connectivity index (χ4n) is 1.41. The average Bonchev–Trinajstić information content (AvgIpc) is 2.27. The number of hydrogen-bond acceptors (Lipinski definition) is 3. The summed E-state index contributed by atoms with van der Waals surface area (Å²) >= 11 is 0. The Bertz CT molecular complexity index is 342. The summed E-state index contributed by atoms with van der Waals surface area (Å²) in [6, 6.07) is 5.03. The summed E-state index contributed by atoms with van der Waals surface area (Å²) < 4.78 is 23.8. The topological polar surface area (TPSA) is 30.5 Å². The SMILES string of the molecule is COCCNCc1ccc(OC(C)C)c(F)c1. The van der Waals surface area contributed by atoms with E-state index >= 15 is 0 Å². The van der Waals surface area contributed by atoms with E-state index in [2.05, 4.69) is 5.32 Å². The molecule has 0 atom stereocenters. The summed E-state index contributed by atoms with van der Waals surface area (Å²) in [5.41, 5.74) is 0.898. The van der Waals surface area contributed by atoms with Crippen LogP contribution >= 0.6 is 0 Å². The van der Waals surface area contributed by atoms with Crippen LogP contribution in [0.1, 0.15) is 19.4 Å². The van der Waals surface area contributed by atoms with Crippen LogP contribution in [0.15, 0.2) is 18.2 Å². The van der Waals surface area contributed by atoms with Crippen molar-refractivity contribution in [3.05, 3.63) is 29.6 Å². The molecule has 1 N–H and O–H groups in total. The van der Waals surface area contributed by atoms with E-state index in [1.54, 1.807) is 13.2 Å². The van der Waals surface area contributed by atoms with Crippen LogP contribution in [0.3, 0.4) is 0 Å². The van der Waals surface area contributed by atoms with E-state index in [9.17, 15) is 4.39 Å². The van der Waals surface area contributed by atoms with Gasteiger partial charge in [0.2, 0.25) is 0 Å². The second-order valence-corrected chi connectivity index (χ2v) is 4.10. The van der Waals surface area contributed by atoms with Gasteiger partial charge in [-0.15, -0.1) is 0 Å². The van der Waals surface area contributed by atoms with Gasteiger partial charge in [-0.1, -0.05) is 6.07 Å². The first-order valence-electron chi connectivity index (χ1n) is 5.78. The quantitative estimate of drug-likeness (QED) is 0.743. The predicted octanol–water partition coefficient (Wildman–Crippen LogP) is 2.35. The maximum Gasteiger partial charge on any atom is 0.165 e. The van der Waals surface area contributed by atoms with Crippen LogP contribution in [0, 0.1) is 5.82 Å². The zero-order valence-electron chi connectivity index (χ0n) is 10.6. The van der Waals surface area contributed by atoms with Gasteiger partial charge in [0.1, 0.15) is 0 Å². The summed E-state index contributed by atoms with van der Waals surface area (Å²) in [4.78, 5) is 0. The highest BCUT2D eigenvalue weighted by Gasteiger charge is 2.06. The van der Waals surface area contributed by atoms with Crippen molar-refractivity contribution in [3.8, 4) is 5.75 Å². The maximum absolute atomic E-state index is 13.6. The van der Waals surface area contributed by atoms with Crippen LogP contribution in [0.2, 0.25) is 0 Å². The Kier molecular flexibility index (Phi) is 5.94. The van der Waals surface area contributed by atoms with E-state index in [0.29, 0.717) is 18.9 Å². The van der Waals surface area contributed by atoms with Crippen molar-refractivity contribution in [2.45, 2.75) is 26.5 Å². The zero-order chi connectivity index (χ0) is 12.7. The van der Waals surface area contributed by atoms with Crippen molar-refractivity contribution in [3.63, 3.8) is 0 Å². The minimum atomic E-state index is -0.315. The average molecular weight is 241 g/mol. The van der Waals surface area contributed by atoms with Crippen LogP contribution in [0.5, 0.6) is 5.75 Å². The summed E-state index contributed by atoms with van der Waals surface area (Å²) in [7, 11) is 1.65. The Morgan fingerprint density at radius 2 is 2.12 bits per heavy atom. The summed E-state index contributed by atoms with van der Waals surface area (Å²) in [6.07, 6.45) is -0.0184. The molecule has 0 aromatic heterocycles. The van der Waals surface area contributed by atoms with Gasteiger partial charge in [-0.25, -0.2) is 4.39 Å². The van der Waals surface area contributed by atoms with Gasteiger partial charge in [0, 0.05) is 20.2 Å². The first-order chi connectivity index (χ1) is 8.13. The molecule has 0 heterocycles. The van der Waals surface area contributed by atoms with Crippen molar-refractivity contribution in [2.75, 3.05) is 20.3 Å². The third-order valence-corrected chi connectivity index (χ3v) is 2.17. The molecule has 1 aromatic rings. The number of halogens is 1. The number of methoxy groups -OCH3 is 1. The van der Waals surface area contributed by atoms with Gasteiger partial charge in [0.25, 0.3) is 0 Å². The monoisotopic (exact) mass is 241 g/mol. The molecule has 96 valence electrons. The predicted molar refractivity (Wildman–Crippen MR) is 65.7 cm³/mol. The van der Waals surface area contributed by atoms with Crippen molar-refractivity contribution < 1.29 is 13.9 Å². The van der Waals surface area contributed by atoms with Crippen molar-refractivity contribution >= 4 is 0 Å². The highest BCUT2D eigenvalue weighted by Crippen LogP contribution is 2.19. The third-order valence-electron chi connectivity index (χ3n) is 2.17. The molecular formula is C13H20FNO2. The second kappa shape index (κ2) is 7.25. The number of hydrogen-bond donors (Lipinski definition) is 1. The molecule has 0 saturated heterocycles. The van der Waals surface area contributed by atoms with Gasteiger partial charge in [-0.3, -0.25) is 0 Å². The zero-order valence-corrected chi connectivity index (χ0v) is 10.6. The van der Waals surface area contributed by atoms with Gasteiger partial charge in [-0.05, 0) is 31.5 Å². The molecule has 0 spiro atoms. The molecule has 0 radical (unpaired) electrons. The van der Waals surface area contributed by atoms with Crippen molar-refractivity contribution in [1.82, 2.24) is 5.32 Å². The van der Waals surface area contributed by atoms with E-state index in [0.717, 1.165) is 12.1 Å². The van der Waals surface area contributed by atoms with E-state index in [4.69, 9.17) is 9.47 Å². The number of benzene rings is 1. The molecule has 0 amide bonds. The maximum atomic E-state index is 13.6. The first-order valence-corrected chi connectivity index (χ1v) is 5.78. The minimum absolute atomic E-state index is 0.0184. The number of ether oxygens (including phenoxy) is 2. The molecule has 0 unspecified atom stereocenters. The fourth-order valence-corrected chi connectivity index (χ4v) is 1.41. The molecule has 3 nitrogen and oxygen atoms in total. The van der Waals surface area contributed by atoms with Crippen LogP contribution in [0.4, 0.5) is 4.39 Å². The van der Waals surface area contributed by atoms with E-state index < -0.39 is 0 Å². The second-order valence-electron chi connectivity index (χ2n) is 4.10. The molecule has 0 aliphatic rings. The van der Waals surface area contributed by atoms with E-state index in [1.165, 1.54) is 6.07 Å². The molecule has 17 heavy (non-hydrogen) atoms. The Morgan fingerprint density at radius 3 is 2.71 bits per heavy atom. The smallest absolute Gasteiger partial charge is 0.165 e. The largest absolute Gasteiger partial charge is 0.488 e. The highest BCUT2D eigenvalue weighted by atomic mass is 19.1. The van der Waals surface area contributed by atoms with E-state index in [-0.39, 0.29) is 11.9 Å². The first kappa shape index (κ1) is 13.9. The third kappa shape index (κ3) is 5.15. The van der Waals surface area contributed by atoms with Crippen LogP contribution in [-0.4, -0.2) is 26.4 Å². The van der Waals surface area contributed by atoms with Gasteiger partial charge >= 0.3 is 0 Å². The molecule has 0 fully saturated rings. The minimum Gasteiger partial charge on any atom is -0.488 e. The Hall–Kier alpha value is -1.13. The van der Waals surface area contributed by atoms with Gasteiger partial charge in [0.05, 0.1) is 12.7 Å². The van der Waals surface area contributed by atoms with Crippen LogP contribution < -0.4 is 10.1 Å². The van der Waals surface area contributed by atoms with Gasteiger partial charge in [-0.2, -0.15) is 0 Å². The Balaban J connectivity index is 2.50. The molecule has 0 saturated carbocycles. The van der Waals surface area contributed by atoms with Gasteiger partial charge in [0.15, 0.2) is 11.6 Å². The summed E-state index contributed by atoms with van der Waals surface area (Å²) in [6.45, 7) is 5.78. The lowest BCUT2D eigenvalue weighted by molar-refractivity contribution is 0.199. The molecule has 4 heteroatoms. The molecule has 1 aromatic carbocycles. The standard InChI is InChI=1S/C13H20FNO2/c1-10(2)17-13-5-4-11(8-12(13)14)9-15-6-7-16-3/h4-5,8,10,15H,6-7,9H2,1-3H3. The lowest BCUT2D eigenvalue weighted by Crippen LogP contribution is -2.18. The Morgan fingerprint density at radius 1 is 1.35 bits per heavy atom.